The van der Waals surface area contributed by atoms with Crippen molar-refractivity contribution in [3.63, 3.8) is 0 Å². The molecule has 0 aromatic heterocycles. The van der Waals surface area contributed by atoms with E-state index in [0.717, 1.165) is 6.92 Å². The lowest BCUT2D eigenvalue weighted by molar-refractivity contribution is -0.432. The summed E-state index contributed by atoms with van der Waals surface area (Å²) >= 11 is 0. The van der Waals surface area contributed by atoms with E-state index in [1.165, 1.54) is 0 Å². The molecule has 10 nitrogen and oxygen atoms in total. The summed E-state index contributed by atoms with van der Waals surface area (Å²) in [5, 5.41) is 8.89. The third-order valence-corrected chi connectivity index (χ3v) is 0. The highest BCUT2D eigenvalue weighted by Gasteiger charge is 1.46. The molecule has 0 radical (unpaired) electrons. The maximum absolute atomic E-state index is 8.89. The molecule has 11 heteroatoms. The number of hydrogen-bond acceptors (Lipinski definition) is 6. The lowest BCUT2D eigenvalue weighted by Gasteiger charge is -2.36. The van der Waals surface area contributed by atoms with Crippen LogP contribution in [0, 0.1) is 0 Å². The first-order chi connectivity index (χ1) is 3.73. The highest BCUT2D eigenvalue weighted by atomic mass is 31.2. The van der Waals surface area contributed by atoms with E-state index >= 15 is 0 Å². The van der Waals surface area contributed by atoms with E-state index in [-0.39, 0.29) is 24.6 Å². The van der Waals surface area contributed by atoms with Gasteiger partial charge in [-0.15, -0.1) is 0 Å². The van der Waals surface area contributed by atoms with E-state index in [1.807, 2.05) is 0 Å². The Hall–Kier alpha value is -0.580. The predicted octanol–water partition coefficient (Wildman–Crippen LogP) is -2.56. The summed E-state index contributed by atoms with van der Waals surface area (Å²) in [6, 6.07) is 0. The van der Waals surface area contributed by atoms with Gasteiger partial charge in [0.15, 0.2) is 0 Å². The molecule has 0 spiro atoms. The lowest BCUT2D eigenvalue weighted by Crippen LogP contribution is -2.24. The molecule has 0 aliphatic rings. The van der Waals surface area contributed by atoms with Crippen LogP contribution in [0.3, 0.4) is 0 Å². The Kier molecular flexibility index (Phi) is 52.9. The fourth-order valence-electron chi connectivity index (χ4n) is 0. The maximum atomic E-state index is 8.89. The van der Waals surface area contributed by atoms with Gasteiger partial charge in [0.05, 0.1) is 0 Å². The van der Waals surface area contributed by atoms with Crippen molar-refractivity contribution in [3.05, 3.63) is 0 Å². The number of carboxylic acids is 1. The van der Waals surface area contributed by atoms with Crippen molar-refractivity contribution in [2.45, 2.75) is 6.92 Å². The van der Waals surface area contributed by atoms with E-state index in [9.17, 15) is 0 Å². The minimum absolute atomic E-state index is 0. The summed E-state index contributed by atoms with van der Waals surface area (Å²) in [5.41, 5.74) is 0. The van der Waals surface area contributed by atoms with Gasteiger partial charge in [0.25, 0.3) is 0 Å². The van der Waals surface area contributed by atoms with Crippen molar-refractivity contribution in [2.24, 2.45) is 0 Å². The van der Waals surface area contributed by atoms with Gasteiger partial charge in [0.1, 0.15) is 0 Å². The van der Waals surface area contributed by atoms with Crippen LogP contribution in [-0.2, 0) is 9.36 Å². The van der Waals surface area contributed by atoms with Crippen LogP contribution in [0.25, 0.3) is 0 Å². The van der Waals surface area contributed by atoms with Gasteiger partial charge in [-0.1, -0.05) is 0 Å². The number of rotatable bonds is 0. The third kappa shape index (κ3) is 3010. The van der Waals surface area contributed by atoms with Gasteiger partial charge in [-0.25, -0.2) is 0 Å². The number of quaternary nitrogens is 4. The van der Waals surface area contributed by atoms with Crippen molar-refractivity contribution >= 4 is 13.8 Å². The summed E-state index contributed by atoms with van der Waals surface area (Å²) in [7, 11) is -5.39. The first-order valence-electron chi connectivity index (χ1n) is 1.64. The van der Waals surface area contributed by atoms with E-state index in [2.05, 4.69) is 0 Å². The second-order valence-corrected chi connectivity index (χ2v) is 1.83. The third-order valence-electron chi connectivity index (χ3n) is 0. The Morgan fingerprint density at radius 2 is 1.00 bits per heavy atom. The van der Waals surface area contributed by atoms with E-state index in [0.29, 0.717) is 0 Å². The van der Waals surface area contributed by atoms with Gasteiger partial charge in [-0.2, -0.15) is 7.82 Å². The van der Waals surface area contributed by atoms with Crippen molar-refractivity contribution < 1.29 is 29.1 Å². The van der Waals surface area contributed by atoms with Crippen molar-refractivity contribution in [2.75, 3.05) is 0 Å². The molecule has 0 aliphatic carbocycles. The average Bonchev–Trinajstić information content (AvgIpc) is 1.19. The van der Waals surface area contributed by atoms with Crippen LogP contribution in [0.2, 0.25) is 0 Å². The number of carbonyl (C=O) groups excluding carboxylic acids is 1. The molecule has 0 heterocycles. The Bertz CT molecular complexity index is 122. The first-order valence-corrected chi connectivity index (χ1v) is 3.10. The van der Waals surface area contributed by atoms with Gasteiger partial charge in [-0.05, 0) is 6.92 Å². The van der Waals surface area contributed by atoms with Crippen LogP contribution < -0.4 is 44.4 Å². The second-order valence-electron chi connectivity index (χ2n) is 0.939. The molecular weight excluding hydrogens is 207 g/mol. The van der Waals surface area contributed by atoms with Gasteiger partial charge in [0, 0.05) is 5.97 Å². The van der Waals surface area contributed by atoms with Crippen molar-refractivity contribution in [1.29, 1.82) is 0 Å². The van der Waals surface area contributed by atoms with Crippen LogP contribution in [0.5, 0.6) is 0 Å². The van der Waals surface area contributed by atoms with E-state index in [1.54, 1.807) is 0 Å². The summed E-state index contributed by atoms with van der Waals surface area (Å²) in [5.74, 6) is -1.08. The lowest BCUT2D eigenvalue weighted by atomic mass is 10.9. The molecule has 0 bridgehead atoms. The zero-order valence-corrected chi connectivity index (χ0v) is 9.29. The topological polar surface area (TPSA) is 272 Å². The minimum atomic E-state index is -5.39. The summed E-state index contributed by atoms with van der Waals surface area (Å²) in [4.78, 5) is 34.5. The molecule has 88 valence electrons. The standard InChI is InChI=1S/C2H4O2.4H3N.H3O4P/c1-2(3)4;;;;;1-5(2,3)4/h1H3,(H,3,4);4*1H3;(H3,1,2,3,4). The molecule has 0 fully saturated rings. The molecule has 0 aromatic carbocycles. The Morgan fingerprint density at radius 3 is 1.00 bits per heavy atom. The molecule has 0 atom stereocenters. The molecule has 0 aromatic rings. The molecule has 0 amide bonds. The summed E-state index contributed by atoms with van der Waals surface area (Å²) in [6.07, 6.45) is 0. The summed E-state index contributed by atoms with van der Waals surface area (Å²) in [6.45, 7) is 0.972. The molecule has 0 aliphatic heterocycles. The normalized spacial score (nSPS) is 6.46. The minimum Gasteiger partial charge on any atom is -0.822 e. The smallest absolute Gasteiger partial charge is 0.0383 e. The van der Waals surface area contributed by atoms with Crippen LogP contribution in [0.4, 0.5) is 0 Å². The van der Waals surface area contributed by atoms with Gasteiger partial charge in [-0.3, -0.25) is 0 Å². The quantitative estimate of drug-likeness (QED) is 0.321. The van der Waals surface area contributed by atoms with Crippen LogP contribution in [-0.4, -0.2) is 5.97 Å². The number of aliphatic carboxylic acids is 1. The molecule has 0 rings (SSSR count). The van der Waals surface area contributed by atoms with Crippen LogP contribution >= 0.6 is 7.82 Å². The van der Waals surface area contributed by atoms with Crippen LogP contribution in [0.1, 0.15) is 6.92 Å². The zero-order chi connectivity index (χ0) is 8.08. The second kappa shape index (κ2) is 17.5. The largest absolute Gasteiger partial charge is 0.822 e. The Morgan fingerprint density at radius 1 is 1.00 bits per heavy atom. The monoisotopic (exact) mass is 226 g/mol. The summed E-state index contributed by atoms with van der Waals surface area (Å²) < 4.78 is 8.55. The van der Waals surface area contributed by atoms with E-state index in [4.69, 9.17) is 29.1 Å². The van der Waals surface area contributed by atoms with Gasteiger partial charge in [0.2, 0.25) is 0 Å². The fraction of sp³-hybridized carbons (Fsp3) is 0.500. The number of phosphoric acid groups is 1. The van der Waals surface area contributed by atoms with E-state index < -0.39 is 13.8 Å². The van der Waals surface area contributed by atoms with Gasteiger partial charge < -0.3 is 53.7 Å². The highest BCUT2D eigenvalue weighted by Crippen LogP contribution is 2.03. The number of carbonyl (C=O) groups is 1. The van der Waals surface area contributed by atoms with Gasteiger partial charge >= 0.3 is 0 Å². The molecule has 0 unspecified atom stereocenters. The predicted molar refractivity (Wildman–Crippen MR) is 42.2 cm³/mol. The Balaban J connectivity index is -0.0000000146. The van der Waals surface area contributed by atoms with Crippen LogP contribution in [0.15, 0.2) is 0 Å². The molecule has 13 heavy (non-hydrogen) atoms. The molecule has 0 saturated carbocycles. The zero-order valence-electron chi connectivity index (χ0n) is 8.40. The molecule has 0 saturated heterocycles. The van der Waals surface area contributed by atoms with Crippen molar-refractivity contribution in [1.82, 2.24) is 24.6 Å². The highest BCUT2D eigenvalue weighted by molar-refractivity contribution is 7.40. The first kappa shape index (κ1) is 39.3. The number of carboxylic acid groups (broad SMARTS) is 1. The average molecular weight is 226 g/mol. The fourth-order valence-corrected chi connectivity index (χ4v) is 0. The van der Waals surface area contributed by atoms with Crippen molar-refractivity contribution in [3.8, 4) is 0 Å². The SMILES string of the molecule is CC(=O)[O-].O=P([O-])([O-])[O-].[NH4+].[NH4+].[NH4+].[NH4+]. The Labute approximate surface area is 75.5 Å². The molecule has 16 N–H and O–H groups in total. The number of hydrogen-bond donors (Lipinski definition) is 4. The maximum Gasteiger partial charge on any atom is 0.0383 e. The molecular formula is C2H19N4O6P.